The summed E-state index contributed by atoms with van der Waals surface area (Å²) >= 11 is 5.88. The molecule has 3 rings (SSSR count). The van der Waals surface area contributed by atoms with Crippen molar-refractivity contribution >= 4 is 11.6 Å². The molecule has 0 aromatic heterocycles. The van der Waals surface area contributed by atoms with Crippen LogP contribution in [0.15, 0.2) is 42.5 Å². The molecule has 1 N–H and O–H groups in total. The van der Waals surface area contributed by atoms with Crippen molar-refractivity contribution in [1.29, 1.82) is 0 Å². The molecule has 0 fully saturated rings. The highest BCUT2D eigenvalue weighted by atomic mass is 35.5. The largest absolute Gasteiger partial charge is 0.303 e. The zero-order valence-electron chi connectivity index (χ0n) is 12.1. The molecule has 2 atom stereocenters. The van der Waals surface area contributed by atoms with Gasteiger partial charge in [-0.05, 0) is 55.0 Å². The second-order valence-electron chi connectivity index (χ2n) is 5.71. The lowest BCUT2D eigenvalue weighted by molar-refractivity contribution is 0.415. The van der Waals surface area contributed by atoms with E-state index in [1.165, 1.54) is 23.6 Å². The third-order valence-corrected chi connectivity index (χ3v) is 4.55. The Balaban J connectivity index is 1.79. The smallest absolute Gasteiger partial charge is 0.141 e. The van der Waals surface area contributed by atoms with E-state index >= 15 is 0 Å². The maximum absolute atomic E-state index is 13.3. The predicted molar refractivity (Wildman–Crippen MR) is 85.1 cm³/mol. The van der Waals surface area contributed by atoms with E-state index in [1.54, 1.807) is 12.1 Å². The Bertz CT molecular complexity index is 641. The third-order valence-electron chi connectivity index (χ3n) is 4.26. The van der Waals surface area contributed by atoms with Gasteiger partial charge in [0.2, 0.25) is 0 Å². The maximum Gasteiger partial charge on any atom is 0.141 e. The highest BCUT2D eigenvalue weighted by molar-refractivity contribution is 6.30. The Labute approximate surface area is 130 Å². The van der Waals surface area contributed by atoms with Crippen LogP contribution in [0.1, 0.15) is 48.5 Å². The molecular weight excluding hydrogens is 285 g/mol. The minimum atomic E-state index is -0.365. The molecule has 0 saturated heterocycles. The third kappa shape index (κ3) is 3.12. The first-order valence-corrected chi connectivity index (χ1v) is 7.82. The molecule has 0 amide bonds. The molecule has 0 aliphatic heterocycles. The van der Waals surface area contributed by atoms with Crippen molar-refractivity contribution in [2.45, 2.75) is 38.3 Å². The standard InChI is InChI=1S/C18H19ClFN/c1-12(14-9-10-17(20)16(19)11-14)21-18-8-4-6-13-5-2-3-7-15(13)18/h2-3,5,7,9-12,18,21H,4,6,8H2,1H3. The average Bonchev–Trinajstić information content (AvgIpc) is 2.50. The van der Waals surface area contributed by atoms with E-state index in [0.717, 1.165) is 18.4 Å². The SMILES string of the molecule is CC(NC1CCCc2ccccc21)c1ccc(F)c(Cl)c1. The normalized spacial score (nSPS) is 19.1. The zero-order valence-corrected chi connectivity index (χ0v) is 12.8. The Hall–Kier alpha value is -1.38. The van der Waals surface area contributed by atoms with Crippen molar-refractivity contribution in [2.75, 3.05) is 0 Å². The van der Waals surface area contributed by atoms with E-state index in [0.29, 0.717) is 6.04 Å². The van der Waals surface area contributed by atoms with Crippen LogP contribution in [-0.2, 0) is 6.42 Å². The topological polar surface area (TPSA) is 12.0 Å². The molecule has 2 aromatic carbocycles. The number of aryl methyl sites for hydroxylation is 1. The van der Waals surface area contributed by atoms with E-state index in [9.17, 15) is 4.39 Å². The molecule has 0 spiro atoms. The number of hydrogen-bond donors (Lipinski definition) is 1. The van der Waals surface area contributed by atoms with Gasteiger partial charge in [-0.3, -0.25) is 0 Å². The van der Waals surface area contributed by atoms with Crippen LogP contribution in [0, 0.1) is 5.82 Å². The summed E-state index contributed by atoms with van der Waals surface area (Å²) in [6.07, 6.45) is 3.49. The van der Waals surface area contributed by atoms with Crippen LogP contribution >= 0.6 is 11.6 Å². The van der Waals surface area contributed by atoms with Crippen LogP contribution in [0.3, 0.4) is 0 Å². The van der Waals surface area contributed by atoms with Gasteiger partial charge in [-0.2, -0.15) is 0 Å². The molecule has 0 saturated carbocycles. The highest BCUT2D eigenvalue weighted by Gasteiger charge is 2.21. The maximum atomic E-state index is 13.3. The van der Waals surface area contributed by atoms with Crippen molar-refractivity contribution in [3.63, 3.8) is 0 Å². The molecule has 0 bridgehead atoms. The number of fused-ring (bicyclic) bond motifs is 1. The molecule has 2 unspecified atom stereocenters. The van der Waals surface area contributed by atoms with Gasteiger partial charge < -0.3 is 5.32 Å². The van der Waals surface area contributed by atoms with Gasteiger partial charge in [0, 0.05) is 12.1 Å². The summed E-state index contributed by atoms with van der Waals surface area (Å²) in [5.41, 5.74) is 3.85. The number of halogens is 2. The molecule has 1 aliphatic rings. The highest BCUT2D eigenvalue weighted by Crippen LogP contribution is 2.32. The number of rotatable bonds is 3. The fourth-order valence-corrected chi connectivity index (χ4v) is 3.30. The molecule has 0 heterocycles. The zero-order chi connectivity index (χ0) is 14.8. The lowest BCUT2D eigenvalue weighted by atomic mass is 9.87. The van der Waals surface area contributed by atoms with E-state index in [1.807, 2.05) is 0 Å². The van der Waals surface area contributed by atoms with Gasteiger partial charge >= 0.3 is 0 Å². The summed E-state index contributed by atoms with van der Waals surface area (Å²) in [6, 6.07) is 14.1. The van der Waals surface area contributed by atoms with Crippen LogP contribution in [-0.4, -0.2) is 0 Å². The van der Waals surface area contributed by atoms with Crippen LogP contribution in [0.2, 0.25) is 5.02 Å². The van der Waals surface area contributed by atoms with Gasteiger partial charge in [0.25, 0.3) is 0 Å². The van der Waals surface area contributed by atoms with Gasteiger partial charge in [-0.15, -0.1) is 0 Å². The monoisotopic (exact) mass is 303 g/mol. The molecule has 110 valence electrons. The quantitative estimate of drug-likeness (QED) is 0.821. The molecule has 1 nitrogen and oxygen atoms in total. The van der Waals surface area contributed by atoms with Crippen LogP contribution in [0.4, 0.5) is 4.39 Å². The number of benzene rings is 2. The van der Waals surface area contributed by atoms with Gasteiger partial charge in [-0.1, -0.05) is 41.9 Å². The van der Waals surface area contributed by atoms with Gasteiger partial charge in [0.05, 0.1) is 5.02 Å². The number of nitrogens with one attached hydrogen (secondary N) is 1. The lowest BCUT2D eigenvalue weighted by Crippen LogP contribution is -2.27. The second kappa shape index (κ2) is 6.17. The average molecular weight is 304 g/mol. The van der Waals surface area contributed by atoms with Gasteiger partial charge in [0.1, 0.15) is 5.82 Å². The Morgan fingerprint density at radius 2 is 2.05 bits per heavy atom. The molecule has 0 radical (unpaired) electrons. The first kappa shape index (κ1) is 14.6. The predicted octanol–water partition coefficient (Wildman–Crippen LogP) is 5.21. The Morgan fingerprint density at radius 1 is 1.24 bits per heavy atom. The van der Waals surface area contributed by atoms with Crippen LogP contribution in [0.25, 0.3) is 0 Å². The van der Waals surface area contributed by atoms with Crippen molar-refractivity contribution in [2.24, 2.45) is 0 Å². The minimum Gasteiger partial charge on any atom is -0.303 e. The van der Waals surface area contributed by atoms with E-state index in [2.05, 4.69) is 36.5 Å². The molecule has 3 heteroatoms. The van der Waals surface area contributed by atoms with Crippen LogP contribution < -0.4 is 5.32 Å². The molecule has 1 aliphatic carbocycles. The van der Waals surface area contributed by atoms with Gasteiger partial charge in [-0.25, -0.2) is 4.39 Å². The van der Waals surface area contributed by atoms with Crippen molar-refractivity contribution < 1.29 is 4.39 Å². The van der Waals surface area contributed by atoms with Gasteiger partial charge in [0.15, 0.2) is 0 Å². The summed E-state index contributed by atoms with van der Waals surface area (Å²) in [5, 5.41) is 3.84. The summed E-state index contributed by atoms with van der Waals surface area (Å²) in [4.78, 5) is 0. The summed E-state index contributed by atoms with van der Waals surface area (Å²) in [6.45, 7) is 2.10. The summed E-state index contributed by atoms with van der Waals surface area (Å²) in [5.74, 6) is -0.365. The Kier molecular flexibility index (Phi) is 4.27. The fourth-order valence-electron chi connectivity index (χ4n) is 3.11. The fraction of sp³-hybridized carbons (Fsp3) is 0.333. The minimum absolute atomic E-state index is 0.138. The summed E-state index contributed by atoms with van der Waals surface area (Å²) < 4.78 is 13.3. The number of hydrogen-bond acceptors (Lipinski definition) is 1. The van der Waals surface area contributed by atoms with E-state index < -0.39 is 0 Å². The van der Waals surface area contributed by atoms with E-state index in [4.69, 9.17) is 11.6 Å². The lowest BCUT2D eigenvalue weighted by Gasteiger charge is -2.29. The molecular formula is C18H19ClFN. The van der Waals surface area contributed by atoms with E-state index in [-0.39, 0.29) is 16.9 Å². The first-order chi connectivity index (χ1) is 10.1. The second-order valence-corrected chi connectivity index (χ2v) is 6.11. The van der Waals surface area contributed by atoms with Crippen molar-refractivity contribution in [3.8, 4) is 0 Å². The van der Waals surface area contributed by atoms with Crippen molar-refractivity contribution in [3.05, 3.63) is 70.0 Å². The summed E-state index contributed by atoms with van der Waals surface area (Å²) in [7, 11) is 0. The van der Waals surface area contributed by atoms with Crippen LogP contribution in [0.5, 0.6) is 0 Å². The molecule has 2 aromatic rings. The van der Waals surface area contributed by atoms with Crippen molar-refractivity contribution in [1.82, 2.24) is 5.32 Å². The Morgan fingerprint density at radius 3 is 2.86 bits per heavy atom. The first-order valence-electron chi connectivity index (χ1n) is 7.44. The molecule has 21 heavy (non-hydrogen) atoms.